The Kier molecular flexibility index (Phi) is 7.99. The maximum absolute atomic E-state index is 13.1. The second-order valence-corrected chi connectivity index (χ2v) is 7.63. The Balaban J connectivity index is 1.46. The zero-order valence-electron chi connectivity index (χ0n) is 17.5. The van der Waals surface area contributed by atoms with Crippen molar-refractivity contribution in [3.63, 3.8) is 0 Å². The van der Waals surface area contributed by atoms with E-state index in [4.69, 9.17) is 4.99 Å². The van der Waals surface area contributed by atoms with Crippen LogP contribution in [-0.4, -0.2) is 48.1 Å². The number of benzene rings is 1. The average Bonchev–Trinajstić information content (AvgIpc) is 2.73. The van der Waals surface area contributed by atoms with Gasteiger partial charge in [0.1, 0.15) is 5.82 Å². The molecule has 0 aliphatic carbocycles. The fourth-order valence-corrected chi connectivity index (χ4v) is 3.67. The van der Waals surface area contributed by atoms with Crippen LogP contribution in [0.2, 0.25) is 0 Å². The lowest BCUT2D eigenvalue weighted by Crippen LogP contribution is -2.48. The zero-order valence-corrected chi connectivity index (χ0v) is 17.5. The summed E-state index contributed by atoms with van der Waals surface area (Å²) >= 11 is 0. The molecule has 0 saturated carbocycles. The number of aromatic nitrogens is 1. The van der Waals surface area contributed by atoms with E-state index in [1.165, 1.54) is 28.8 Å². The van der Waals surface area contributed by atoms with Crippen LogP contribution in [0.25, 0.3) is 0 Å². The molecule has 5 nitrogen and oxygen atoms in total. The van der Waals surface area contributed by atoms with E-state index in [1.807, 2.05) is 24.5 Å². The Morgan fingerprint density at radius 3 is 2.66 bits per heavy atom. The van der Waals surface area contributed by atoms with Gasteiger partial charge in [-0.3, -0.25) is 14.9 Å². The van der Waals surface area contributed by atoms with Gasteiger partial charge in [-0.25, -0.2) is 4.39 Å². The molecule has 2 heterocycles. The summed E-state index contributed by atoms with van der Waals surface area (Å²) < 4.78 is 13.1. The molecular formula is C23H32FN5. The minimum absolute atomic E-state index is 0.175. The topological polar surface area (TPSA) is 52.6 Å². The maximum Gasteiger partial charge on any atom is 0.191 e. The number of nitrogens with one attached hydrogen (secondary N) is 2. The number of aryl methyl sites for hydroxylation is 1. The van der Waals surface area contributed by atoms with E-state index in [2.05, 4.69) is 40.4 Å². The molecule has 0 spiro atoms. The summed E-state index contributed by atoms with van der Waals surface area (Å²) in [6.07, 6.45) is 6.82. The van der Waals surface area contributed by atoms with E-state index in [0.29, 0.717) is 6.04 Å². The predicted molar refractivity (Wildman–Crippen MR) is 116 cm³/mol. The predicted octanol–water partition coefficient (Wildman–Crippen LogP) is 3.29. The molecule has 156 valence electrons. The van der Waals surface area contributed by atoms with Crippen LogP contribution in [0.1, 0.15) is 36.5 Å². The number of rotatable bonds is 7. The summed E-state index contributed by atoms with van der Waals surface area (Å²) in [4.78, 5) is 11.3. The van der Waals surface area contributed by atoms with Crippen LogP contribution in [0.15, 0.2) is 47.7 Å². The molecule has 1 saturated heterocycles. The molecule has 6 heteroatoms. The fourth-order valence-electron chi connectivity index (χ4n) is 3.67. The minimum Gasteiger partial charge on any atom is -0.357 e. The Bertz CT molecular complexity index is 782. The quantitative estimate of drug-likeness (QED) is 0.556. The lowest BCUT2D eigenvalue weighted by atomic mass is 10.0. The van der Waals surface area contributed by atoms with Crippen LogP contribution in [0.5, 0.6) is 0 Å². The highest BCUT2D eigenvalue weighted by atomic mass is 19.1. The van der Waals surface area contributed by atoms with Gasteiger partial charge in [0, 0.05) is 51.2 Å². The van der Waals surface area contributed by atoms with Crippen molar-refractivity contribution in [2.24, 2.45) is 4.99 Å². The summed E-state index contributed by atoms with van der Waals surface area (Å²) in [7, 11) is 0. The van der Waals surface area contributed by atoms with Gasteiger partial charge >= 0.3 is 0 Å². The number of halogens is 1. The Morgan fingerprint density at radius 2 is 1.97 bits per heavy atom. The summed E-state index contributed by atoms with van der Waals surface area (Å²) in [5, 5.41) is 6.96. The van der Waals surface area contributed by atoms with Gasteiger partial charge in [-0.2, -0.15) is 0 Å². The van der Waals surface area contributed by atoms with E-state index in [-0.39, 0.29) is 5.82 Å². The van der Waals surface area contributed by atoms with E-state index >= 15 is 0 Å². The van der Waals surface area contributed by atoms with Crippen molar-refractivity contribution in [2.75, 3.05) is 26.2 Å². The highest BCUT2D eigenvalue weighted by molar-refractivity contribution is 5.80. The molecule has 29 heavy (non-hydrogen) atoms. The first-order chi connectivity index (χ1) is 14.1. The summed E-state index contributed by atoms with van der Waals surface area (Å²) in [5.74, 6) is 0.724. The standard InChI is InChI=1S/C23H32FN5/c1-3-26-23(27-13-9-20-8-12-25-16-18(20)2)28-22-10-14-29(15-11-22)17-19-4-6-21(24)7-5-19/h4-8,12,16,22H,3,9-11,13-15,17H2,1-2H3,(H2,26,27,28). The van der Waals surface area contributed by atoms with Gasteiger partial charge < -0.3 is 10.6 Å². The van der Waals surface area contributed by atoms with E-state index in [1.54, 1.807) is 0 Å². The van der Waals surface area contributed by atoms with Gasteiger partial charge in [-0.15, -0.1) is 0 Å². The molecule has 1 aliphatic rings. The molecule has 0 bridgehead atoms. The largest absolute Gasteiger partial charge is 0.357 e. The molecule has 2 aromatic rings. The molecule has 0 radical (unpaired) electrons. The van der Waals surface area contributed by atoms with E-state index in [0.717, 1.165) is 57.9 Å². The van der Waals surface area contributed by atoms with Gasteiger partial charge in [-0.1, -0.05) is 12.1 Å². The number of hydrogen-bond donors (Lipinski definition) is 2. The Hall–Kier alpha value is -2.47. The van der Waals surface area contributed by atoms with E-state index < -0.39 is 0 Å². The van der Waals surface area contributed by atoms with Gasteiger partial charge in [0.2, 0.25) is 0 Å². The van der Waals surface area contributed by atoms with Gasteiger partial charge in [0.05, 0.1) is 0 Å². The van der Waals surface area contributed by atoms with Crippen LogP contribution in [-0.2, 0) is 13.0 Å². The molecule has 3 rings (SSSR count). The summed E-state index contributed by atoms with van der Waals surface area (Å²) in [6.45, 7) is 8.74. The van der Waals surface area contributed by atoms with Crippen molar-refractivity contribution < 1.29 is 4.39 Å². The van der Waals surface area contributed by atoms with Crippen molar-refractivity contribution in [3.8, 4) is 0 Å². The average molecular weight is 398 g/mol. The summed E-state index contributed by atoms with van der Waals surface area (Å²) in [5.41, 5.74) is 3.68. The van der Waals surface area contributed by atoms with Gasteiger partial charge in [0.25, 0.3) is 0 Å². The highest BCUT2D eigenvalue weighted by Gasteiger charge is 2.20. The first kappa shape index (κ1) is 21.2. The number of aliphatic imine (C=N–C) groups is 1. The zero-order chi connectivity index (χ0) is 20.5. The SMILES string of the molecule is CCNC(=NCCc1ccncc1C)NC1CCN(Cc2ccc(F)cc2)CC1. The molecule has 0 atom stereocenters. The molecule has 1 aromatic carbocycles. The molecule has 1 aromatic heterocycles. The third kappa shape index (κ3) is 6.82. The molecule has 0 amide bonds. The van der Waals surface area contributed by atoms with Crippen LogP contribution >= 0.6 is 0 Å². The first-order valence-corrected chi connectivity index (χ1v) is 10.5. The highest BCUT2D eigenvalue weighted by Crippen LogP contribution is 2.14. The summed E-state index contributed by atoms with van der Waals surface area (Å²) in [6, 6.07) is 9.33. The van der Waals surface area contributed by atoms with Crippen LogP contribution in [0.4, 0.5) is 4.39 Å². The van der Waals surface area contributed by atoms with Gasteiger partial charge in [-0.05, 0) is 68.0 Å². The lowest BCUT2D eigenvalue weighted by Gasteiger charge is -2.33. The second kappa shape index (κ2) is 10.9. The minimum atomic E-state index is -0.175. The monoisotopic (exact) mass is 397 g/mol. The number of pyridine rings is 1. The number of piperidine rings is 1. The van der Waals surface area contributed by atoms with Crippen molar-refractivity contribution in [1.82, 2.24) is 20.5 Å². The van der Waals surface area contributed by atoms with Crippen LogP contribution < -0.4 is 10.6 Å². The molecule has 0 unspecified atom stereocenters. The van der Waals surface area contributed by atoms with Crippen LogP contribution in [0, 0.1) is 12.7 Å². The molecule has 1 fully saturated rings. The van der Waals surface area contributed by atoms with Crippen molar-refractivity contribution in [3.05, 3.63) is 65.2 Å². The fraction of sp³-hybridized carbons (Fsp3) is 0.478. The van der Waals surface area contributed by atoms with Gasteiger partial charge in [0.15, 0.2) is 5.96 Å². The van der Waals surface area contributed by atoms with Crippen molar-refractivity contribution in [1.29, 1.82) is 0 Å². The third-order valence-electron chi connectivity index (χ3n) is 5.38. The number of guanidine groups is 1. The molecule has 2 N–H and O–H groups in total. The molecule has 1 aliphatic heterocycles. The van der Waals surface area contributed by atoms with Crippen molar-refractivity contribution >= 4 is 5.96 Å². The number of nitrogens with zero attached hydrogens (tertiary/aromatic N) is 3. The number of hydrogen-bond acceptors (Lipinski definition) is 3. The third-order valence-corrected chi connectivity index (χ3v) is 5.38. The van der Waals surface area contributed by atoms with Crippen molar-refractivity contribution in [2.45, 2.75) is 45.7 Å². The van der Waals surface area contributed by atoms with E-state index in [9.17, 15) is 4.39 Å². The normalized spacial score (nSPS) is 16.0. The maximum atomic E-state index is 13.1. The van der Waals surface area contributed by atoms with Crippen LogP contribution in [0.3, 0.4) is 0 Å². The second-order valence-electron chi connectivity index (χ2n) is 7.63. The Labute approximate surface area is 173 Å². The number of likely N-dealkylation sites (tertiary alicyclic amines) is 1. The smallest absolute Gasteiger partial charge is 0.191 e. The Morgan fingerprint density at radius 1 is 1.21 bits per heavy atom. The molecular weight excluding hydrogens is 365 g/mol. The lowest BCUT2D eigenvalue weighted by molar-refractivity contribution is 0.198. The first-order valence-electron chi connectivity index (χ1n) is 10.5.